The van der Waals surface area contributed by atoms with Gasteiger partial charge in [-0.3, -0.25) is 4.79 Å². The van der Waals surface area contributed by atoms with E-state index in [2.05, 4.69) is 25.1 Å². The van der Waals surface area contributed by atoms with Crippen molar-refractivity contribution in [2.45, 2.75) is 38.7 Å². The van der Waals surface area contributed by atoms with Gasteiger partial charge in [-0.05, 0) is 31.4 Å². The molecule has 0 N–H and O–H groups in total. The zero-order valence-electron chi connectivity index (χ0n) is 18.9. The van der Waals surface area contributed by atoms with Gasteiger partial charge in [-0.25, -0.2) is 15.0 Å². The quantitative estimate of drug-likeness (QED) is 0.382. The molecule has 0 aliphatic carbocycles. The highest BCUT2D eigenvalue weighted by Crippen LogP contribution is 2.34. The zero-order valence-corrected chi connectivity index (χ0v) is 20.5. The van der Waals surface area contributed by atoms with Crippen LogP contribution in [-0.4, -0.2) is 62.0 Å². The van der Waals surface area contributed by atoms with Gasteiger partial charge in [0.25, 0.3) is 0 Å². The fourth-order valence-electron chi connectivity index (χ4n) is 4.37. The maximum absolute atomic E-state index is 13.1. The molecule has 0 amide bonds. The number of hydrogen-bond acceptors (Lipinski definition) is 9. The summed E-state index contributed by atoms with van der Waals surface area (Å²) >= 11 is 7.94. The number of methoxy groups -OCH3 is 1. The molecule has 1 atom stereocenters. The minimum atomic E-state index is 0.0532. The lowest BCUT2D eigenvalue weighted by Gasteiger charge is -2.34. The van der Waals surface area contributed by atoms with Crippen LogP contribution in [-0.2, 0) is 22.4 Å². The summed E-state index contributed by atoms with van der Waals surface area (Å²) in [6.45, 7) is 3.66. The molecule has 1 fully saturated rings. The number of fused-ring (bicyclic) bond motifs is 1. The maximum atomic E-state index is 13.1. The third-order valence-corrected chi connectivity index (χ3v) is 7.04. The summed E-state index contributed by atoms with van der Waals surface area (Å²) < 4.78 is 5.64. The van der Waals surface area contributed by atoms with Gasteiger partial charge in [0.05, 0.1) is 34.2 Å². The number of pyridine rings is 2. The molecule has 0 saturated carbocycles. The monoisotopic (exact) mass is 497 g/mol. The Morgan fingerprint density at radius 1 is 1.24 bits per heavy atom. The number of thiazole rings is 1. The van der Waals surface area contributed by atoms with E-state index in [1.807, 2.05) is 13.1 Å². The van der Waals surface area contributed by atoms with Gasteiger partial charge in [0.2, 0.25) is 0 Å². The largest absolute Gasteiger partial charge is 0.380 e. The Morgan fingerprint density at radius 3 is 2.82 bits per heavy atom. The molecule has 0 spiro atoms. The first kappa shape index (κ1) is 22.8. The average molecular weight is 498 g/mol. The maximum Gasteiger partial charge on any atom is 0.193 e. The predicted octanol–water partition coefficient (Wildman–Crippen LogP) is 3.60. The van der Waals surface area contributed by atoms with Gasteiger partial charge in [0.1, 0.15) is 16.1 Å². The summed E-state index contributed by atoms with van der Waals surface area (Å²) in [5.74, 6) is 0.481. The molecule has 5 rings (SSSR count). The molecule has 1 unspecified atom stereocenters. The molecule has 9 nitrogen and oxygen atoms in total. The van der Waals surface area contributed by atoms with E-state index in [0.717, 1.165) is 58.1 Å². The first-order valence-electron chi connectivity index (χ1n) is 11.1. The summed E-state index contributed by atoms with van der Waals surface area (Å²) in [6, 6.07) is 1.74. The molecule has 1 aliphatic rings. The van der Waals surface area contributed by atoms with Crippen LogP contribution in [0, 0.1) is 6.92 Å². The summed E-state index contributed by atoms with van der Waals surface area (Å²) in [4.78, 5) is 31.4. The van der Waals surface area contributed by atoms with Crippen LogP contribution in [0.1, 0.15) is 29.0 Å². The number of ketones is 1. The smallest absolute Gasteiger partial charge is 0.193 e. The molecule has 4 aromatic rings. The molecule has 34 heavy (non-hydrogen) atoms. The van der Waals surface area contributed by atoms with Gasteiger partial charge >= 0.3 is 0 Å². The number of ether oxygens (including phenoxy) is 1. The lowest BCUT2D eigenvalue weighted by atomic mass is 10.0. The first-order valence-corrected chi connectivity index (χ1v) is 12.3. The van der Waals surface area contributed by atoms with Crippen molar-refractivity contribution in [2.75, 3.05) is 25.1 Å². The van der Waals surface area contributed by atoms with E-state index >= 15 is 0 Å². The fraction of sp³-hybridized carbons (Fsp3) is 0.391. The molecular weight excluding hydrogens is 474 g/mol. The van der Waals surface area contributed by atoms with Crippen LogP contribution < -0.4 is 4.90 Å². The minimum absolute atomic E-state index is 0.0532. The van der Waals surface area contributed by atoms with Gasteiger partial charge in [0.15, 0.2) is 5.82 Å². The van der Waals surface area contributed by atoms with Gasteiger partial charge in [-0.1, -0.05) is 22.9 Å². The lowest BCUT2D eigenvalue weighted by Crippen LogP contribution is -2.40. The van der Waals surface area contributed by atoms with E-state index in [1.165, 1.54) is 4.80 Å². The Kier molecular flexibility index (Phi) is 6.53. The molecule has 0 radical (unpaired) electrons. The molecule has 5 heterocycles. The molecule has 1 aliphatic heterocycles. The number of anilines is 1. The topological polar surface area (TPSA) is 98.9 Å². The number of Topliss-reactive ketones (excluding diaryl/α,β-unsaturated/α-hetero) is 1. The van der Waals surface area contributed by atoms with Crippen LogP contribution in [0.25, 0.3) is 16.2 Å². The van der Waals surface area contributed by atoms with Crippen LogP contribution in [0.3, 0.4) is 0 Å². The number of piperidine rings is 1. The van der Waals surface area contributed by atoms with E-state index in [9.17, 15) is 4.79 Å². The number of nitrogens with zero attached hydrogens (tertiary/aromatic N) is 7. The van der Waals surface area contributed by atoms with Crippen LogP contribution in [0.5, 0.6) is 0 Å². The van der Waals surface area contributed by atoms with Crippen LogP contribution in [0.4, 0.5) is 5.69 Å². The third kappa shape index (κ3) is 4.66. The summed E-state index contributed by atoms with van der Waals surface area (Å²) in [7, 11) is 1.75. The van der Waals surface area contributed by atoms with E-state index in [4.69, 9.17) is 21.3 Å². The first-order chi connectivity index (χ1) is 16.5. The normalized spacial score (nSPS) is 16.3. The molecule has 0 aromatic carbocycles. The Hall–Kier alpha value is -2.95. The van der Waals surface area contributed by atoms with E-state index in [1.54, 1.807) is 43.1 Å². The van der Waals surface area contributed by atoms with Crippen molar-refractivity contribution in [2.24, 2.45) is 0 Å². The summed E-state index contributed by atoms with van der Waals surface area (Å²) in [5, 5.41) is 9.45. The van der Waals surface area contributed by atoms with E-state index in [0.29, 0.717) is 10.8 Å². The number of halogens is 1. The summed E-state index contributed by atoms with van der Waals surface area (Å²) in [6.07, 6.45) is 9.26. The molecule has 11 heteroatoms. The van der Waals surface area contributed by atoms with E-state index in [-0.39, 0.29) is 24.7 Å². The highest BCUT2D eigenvalue weighted by Gasteiger charge is 2.26. The number of carbonyl (C=O) groups excluding carboxylic acids is 1. The lowest BCUT2D eigenvalue weighted by molar-refractivity contribution is -0.117. The molecular formula is C23H24ClN7O2S. The van der Waals surface area contributed by atoms with E-state index < -0.39 is 0 Å². The fourth-order valence-corrected chi connectivity index (χ4v) is 5.39. The number of rotatable bonds is 7. The van der Waals surface area contributed by atoms with Gasteiger partial charge in [-0.2, -0.15) is 10.2 Å². The number of aromatic nitrogens is 6. The predicted molar refractivity (Wildman–Crippen MR) is 131 cm³/mol. The minimum Gasteiger partial charge on any atom is -0.380 e. The Bertz CT molecular complexity index is 1320. The molecule has 4 aromatic heterocycles. The molecule has 176 valence electrons. The Balaban J connectivity index is 1.40. The van der Waals surface area contributed by atoms with Crippen molar-refractivity contribution in [3.05, 3.63) is 52.0 Å². The standard InChI is InChI=1S/C23H24ClN7O2S/c1-14-29-20-21(30-7-3-4-18(13-30)33-2)16(12-26-23(20)34-14)10-17(32)8-15-9-19(24)22(25-11-15)31-27-5-6-28-31/h5-6,9,11-12,18H,3-4,7-8,10,13H2,1-2H3. The highest BCUT2D eigenvalue weighted by atomic mass is 35.5. The van der Waals surface area contributed by atoms with Crippen molar-refractivity contribution in [3.63, 3.8) is 0 Å². The highest BCUT2D eigenvalue weighted by molar-refractivity contribution is 7.18. The zero-order chi connectivity index (χ0) is 23.7. The third-order valence-electron chi connectivity index (χ3n) is 5.89. The van der Waals surface area contributed by atoms with Crippen molar-refractivity contribution in [1.82, 2.24) is 29.9 Å². The summed E-state index contributed by atoms with van der Waals surface area (Å²) in [5.41, 5.74) is 3.49. The number of hydrogen-bond donors (Lipinski definition) is 0. The van der Waals surface area contributed by atoms with Crippen molar-refractivity contribution in [3.8, 4) is 5.82 Å². The van der Waals surface area contributed by atoms with Crippen molar-refractivity contribution in [1.29, 1.82) is 0 Å². The second-order valence-electron chi connectivity index (χ2n) is 8.32. The Morgan fingerprint density at radius 2 is 2.06 bits per heavy atom. The number of carbonyl (C=O) groups is 1. The second-order valence-corrected chi connectivity index (χ2v) is 9.91. The Labute approximate surface area is 205 Å². The van der Waals surface area contributed by atoms with Crippen LogP contribution >= 0.6 is 22.9 Å². The van der Waals surface area contributed by atoms with Crippen molar-refractivity contribution < 1.29 is 9.53 Å². The van der Waals surface area contributed by atoms with Crippen LogP contribution in [0.2, 0.25) is 5.02 Å². The van der Waals surface area contributed by atoms with Gasteiger partial charge < -0.3 is 9.64 Å². The molecule has 0 bridgehead atoms. The van der Waals surface area contributed by atoms with Crippen molar-refractivity contribution >= 4 is 44.8 Å². The second kappa shape index (κ2) is 9.73. The average Bonchev–Trinajstić information content (AvgIpc) is 3.48. The van der Waals surface area contributed by atoms with Gasteiger partial charge in [-0.15, -0.1) is 4.80 Å². The number of aryl methyl sites for hydroxylation is 1. The molecule has 1 saturated heterocycles. The van der Waals surface area contributed by atoms with Gasteiger partial charge in [0, 0.05) is 51.0 Å². The van der Waals surface area contributed by atoms with Crippen LogP contribution in [0.15, 0.2) is 30.9 Å². The SMILES string of the molecule is COC1CCCN(c2c(CC(=O)Cc3cnc(-n4nccn4)c(Cl)c3)cnc3sc(C)nc23)C1.